The Bertz CT molecular complexity index is 199. The van der Waals surface area contributed by atoms with Gasteiger partial charge in [-0.2, -0.15) is 11.8 Å². The van der Waals surface area contributed by atoms with E-state index in [0.717, 1.165) is 32.2 Å². The van der Waals surface area contributed by atoms with Crippen molar-refractivity contribution >= 4 is 17.7 Å². The number of hydrogen-bond acceptors (Lipinski definition) is 3. The van der Waals surface area contributed by atoms with E-state index in [1.807, 2.05) is 11.8 Å². The average Bonchev–Trinajstić information content (AvgIpc) is 2.64. The molecule has 1 aliphatic rings. The van der Waals surface area contributed by atoms with E-state index in [2.05, 4.69) is 11.6 Å². The Kier molecular flexibility index (Phi) is 6.10. The molecule has 0 aliphatic heterocycles. The highest BCUT2D eigenvalue weighted by Crippen LogP contribution is 2.23. The molecule has 0 unspecified atom stereocenters. The second-order valence-corrected chi connectivity index (χ2v) is 5.25. The van der Waals surface area contributed by atoms with Gasteiger partial charge in [-0.1, -0.05) is 0 Å². The summed E-state index contributed by atoms with van der Waals surface area (Å²) in [4.78, 5) is 11.7. The smallest absolute Gasteiger partial charge is 0.223 e. The molecule has 0 aromatic rings. The number of carbonyl (C=O) groups excluding carboxylic acids is 1. The van der Waals surface area contributed by atoms with Gasteiger partial charge < -0.3 is 11.1 Å². The molecule has 15 heavy (non-hydrogen) atoms. The van der Waals surface area contributed by atoms with Crippen molar-refractivity contribution in [3.8, 4) is 0 Å². The van der Waals surface area contributed by atoms with Crippen LogP contribution in [0.3, 0.4) is 0 Å². The molecule has 0 spiro atoms. The molecule has 0 aromatic heterocycles. The van der Waals surface area contributed by atoms with Crippen molar-refractivity contribution in [2.24, 2.45) is 11.7 Å². The maximum atomic E-state index is 11.7. The van der Waals surface area contributed by atoms with Crippen molar-refractivity contribution in [1.82, 2.24) is 5.32 Å². The second-order valence-electron chi connectivity index (χ2n) is 4.26. The Balaban J connectivity index is 2.03. The molecule has 1 fully saturated rings. The van der Waals surface area contributed by atoms with E-state index in [1.54, 1.807) is 0 Å². The average molecular weight is 230 g/mol. The first kappa shape index (κ1) is 12.8. The minimum atomic E-state index is 0.181. The van der Waals surface area contributed by atoms with Crippen LogP contribution in [0.15, 0.2) is 0 Å². The van der Waals surface area contributed by atoms with Crippen LogP contribution in [0.1, 0.15) is 32.1 Å². The molecule has 88 valence electrons. The lowest BCUT2D eigenvalue weighted by Gasteiger charge is -2.10. The summed E-state index contributed by atoms with van der Waals surface area (Å²) in [6.07, 6.45) is 7.23. The molecule has 0 bridgehead atoms. The number of thioether (sulfide) groups is 1. The zero-order chi connectivity index (χ0) is 11.1. The van der Waals surface area contributed by atoms with Gasteiger partial charge in [0.25, 0.3) is 0 Å². The Morgan fingerprint density at radius 1 is 1.47 bits per heavy atom. The van der Waals surface area contributed by atoms with E-state index >= 15 is 0 Å². The number of nitrogens with two attached hydrogens (primary N) is 1. The summed E-state index contributed by atoms with van der Waals surface area (Å²) in [6, 6.07) is 0.247. The van der Waals surface area contributed by atoms with E-state index in [-0.39, 0.29) is 17.9 Å². The van der Waals surface area contributed by atoms with E-state index in [1.165, 1.54) is 12.2 Å². The lowest BCUT2D eigenvalue weighted by molar-refractivity contribution is -0.124. The highest BCUT2D eigenvalue weighted by molar-refractivity contribution is 7.98. The molecule has 0 heterocycles. The fourth-order valence-electron chi connectivity index (χ4n) is 1.98. The van der Waals surface area contributed by atoms with Gasteiger partial charge in [-0.05, 0) is 44.1 Å². The number of carbonyl (C=O) groups is 1. The van der Waals surface area contributed by atoms with E-state index in [9.17, 15) is 4.79 Å². The first-order chi connectivity index (χ1) is 7.24. The second kappa shape index (κ2) is 7.12. The van der Waals surface area contributed by atoms with Crippen LogP contribution in [0.5, 0.6) is 0 Å². The van der Waals surface area contributed by atoms with Crippen LogP contribution < -0.4 is 11.1 Å². The first-order valence-electron chi connectivity index (χ1n) is 5.76. The van der Waals surface area contributed by atoms with Gasteiger partial charge >= 0.3 is 0 Å². The van der Waals surface area contributed by atoms with Crippen molar-refractivity contribution in [1.29, 1.82) is 0 Å². The third kappa shape index (κ3) is 4.89. The SMILES string of the molecule is CSCCCCNC(=O)[C@@H]1CC[C@H](N)C1. The predicted molar refractivity (Wildman–Crippen MR) is 65.9 cm³/mol. The number of amides is 1. The molecule has 0 radical (unpaired) electrons. The van der Waals surface area contributed by atoms with Crippen molar-refractivity contribution in [3.63, 3.8) is 0 Å². The Morgan fingerprint density at radius 3 is 2.87 bits per heavy atom. The summed E-state index contributed by atoms with van der Waals surface area (Å²) < 4.78 is 0. The molecule has 1 rings (SSSR count). The zero-order valence-electron chi connectivity index (χ0n) is 9.50. The molecule has 1 aliphatic carbocycles. The van der Waals surface area contributed by atoms with Crippen molar-refractivity contribution < 1.29 is 4.79 Å². The Morgan fingerprint density at radius 2 is 2.27 bits per heavy atom. The van der Waals surface area contributed by atoms with Crippen LogP contribution in [0.25, 0.3) is 0 Å². The van der Waals surface area contributed by atoms with Gasteiger partial charge in [-0.3, -0.25) is 4.79 Å². The van der Waals surface area contributed by atoms with Gasteiger partial charge in [0.15, 0.2) is 0 Å². The molecule has 4 heteroatoms. The number of hydrogen-bond donors (Lipinski definition) is 2. The molecule has 0 saturated heterocycles. The molecule has 1 amide bonds. The standard InChI is InChI=1S/C11H22N2OS/c1-15-7-3-2-6-13-11(14)9-4-5-10(12)8-9/h9-10H,2-8,12H2,1H3,(H,13,14)/t9-,10+/m1/s1. The van der Waals surface area contributed by atoms with Gasteiger partial charge in [0.2, 0.25) is 5.91 Å². The fourth-order valence-corrected chi connectivity index (χ4v) is 2.47. The highest BCUT2D eigenvalue weighted by atomic mass is 32.2. The lowest BCUT2D eigenvalue weighted by Crippen LogP contribution is -2.31. The van der Waals surface area contributed by atoms with Gasteiger partial charge in [-0.25, -0.2) is 0 Å². The minimum Gasteiger partial charge on any atom is -0.356 e. The van der Waals surface area contributed by atoms with Gasteiger partial charge in [0.1, 0.15) is 0 Å². The van der Waals surface area contributed by atoms with E-state index in [4.69, 9.17) is 5.73 Å². The van der Waals surface area contributed by atoms with Gasteiger partial charge in [0, 0.05) is 18.5 Å². The monoisotopic (exact) mass is 230 g/mol. The number of nitrogens with one attached hydrogen (secondary N) is 1. The fraction of sp³-hybridized carbons (Fsp3) is 0.909. The molecular weight excluding hydrogens is 208 g/mol. The summed E-state index contributed by atoms with van der Waals surface area (Å²) in [5.41, 5.74) is 5.77. The maximum absolute atomic E-state index is 11.7. The summed E-state index contributed by atoms with van der Waals surface area (Å²) in [5.74, 6) is 1.58. The number of unbranched alkanes of at least 4 members (excludes halogenated alkanes) is 1. The predicted octanol–water partition coefficient (Wildman–Crippen LogP) is 1.37. The summed E-state index contributed by atoms with van der Waals surface area (Å²) in [5, 5.41) is 3.00. The largest absolute Gasteiger partial charge is 0.356 e. The topological polar surface area (TPSA) is 55.1 Å². The lowest BCUT2D eigenvalue weighted by atomic mass is 10.1. The maximum Gasteiger partial charge on any atom is 0.223 e. The summed E-state index contributed by atoms with van der Waals surface area (Å²) in [7, 11) is 0. The minimum absolute atomic E-state index is 0.181. The zero-order valence-corrected chi connectivity index (χ0v) is 10.3. The van der Waals surface area contributed by atoms with Gasteiger partial charge in [-0.15, -0.1) is 0 Å². The summed E-state index contributed by atoms with van der Waals surface area (Å²) >= 11 is 1.86. The third-order valence-electron chi connectivity index (χ3n) is 2.92. The van der Waals surface area contributed by atoms with E-state index in [0.29, 0.717) is 0 Å². The number of rotatable bonds is 6. The Hall–Kier alpha value is -0.220. The normalized spacial score (nSPS) is 25.5. The third-order valence-corrected chi connectivity index (χ3v) is 3.62. The van der Waals surface area contributed by atoms with Crippen LogP contribution in [0.2, 0.25) is 0 Å². The van der Waals surface area contributed by atoms with Crippen LogP contribution in [-0.2, 0) is 4.79 Å². The molecule has 3 N–H and O–H groups in total. The quantitative estimate of drug-likeness (QED) is 0.678. The molecule has 1 saturated carbocycles. The van der Waals surface area contributed by atoms with Crippen molar-refractivity contribution in [2.75, 3.05) is 18.6 Å². The molecule has 0 aromatic carbocycles. The molecule has 3 nitrogen and oxygen atoms in total. The van der Waals surface area contributed by atoms with Crippen LogP contribution in [-0.4, -0.2) is 30.5 Å². The highest BCUT2D eigenvalue weighted by Gasteiger charge is 2.27. The first-order valence-corrected chi connectivity index (χ1v) is 7.15. The van der Waals surface area contributed by atoms with Crippen LogP contribution in [0, 0.1) is 5.92 Å². The van der Waals surface area contributed by atoms with Crippen LogP contribution >= 0.6 is 11.8 Å². The van der Waals surface area contributed by atoms with E-state index < -0.39 is 0 Å². The van der Waals surface area contributed by atoms with Crippen LogP contribution in [0.4, 0.5) is 0 Å². The van der Waals surface area contributed by atoms with Crippen molar-refractivity contribution in [2.45, 2.75) is 38.1 Å². The summed E-state index contributed by atoms with van der Waals surface area (Å²) in [6.45, 7) is 0.825. The van der Waals surface area contributed by atoms with Gasteiger partial charge in [0.05, 0.1) is 0 Å². The molecule has 2 atom stereocenters. The Labute approximate surface area is 96.6 Å². The molecular formula is C11H22N2OS. The van der Waals surface area contributed by atoms with Crippen molar-refractivity contribution in [3.05, 3.63) is 0 Å².